The molecule has 3 rings (SSSR count). The van der Waals surface area contributed by atoms with Gasteiger partial charge >= 0.3 is 0 Å². The molecule has 1 heterocycles. The van der Waals surface area contributed by atoms with Gasteiger partial charge in [0.2, 0.25) is 0 Å². The van der Waals surface area contributed by atoms with Gasteiger partial charge in [-0.1, -0.05) is 31.7 Å². The number of ether oxygens (including phenoxy) is 2. The first-order valence-electron chi connectivity index (χ1n) is 12.3. The fraction of sp³-hybridized carbons (Fsp3) is 0.379. The molecule has 36 heavy (non-hydrogen) atoms. The molecule has 7 heteroatoms. The van der Waals surface area contributed by atoms with E-state index in [1.165, 1.54) is 0 Å². The molecule has 1 saturated heterocycles. The molecule has 7 nitrogen and oxygen atoms in total. The molecule has 1 atom stereocenters. The van der Waals surface area contributed by atoms with Crippen molar-refractivity contribution < 1.29 is 24.2 Å². The number of nitrogens with zero attached hydrogens (tertiary/aromatic N) is 2. The van der Waals surface area contributed by atoms with E-state index in [0.29, 0.717) is 43.2 Å². The van der Waals surface area contributed by atoms with Crippen molar-refractivity contribution in [1.29, 1.82) is 0 Å². The van der Waals surface area contributed by atoms with Crippen LogP contribution in [0.15, 0.2) is 60.7 Å². The second-order valence-electron chi connectivity index (χ2n) is 9.14. The van der Waals surface area contributed by atoms with Crippen LogP contribution in [0.2, 0.25) is 0 Å². The number of hydrogen-bond acceptors (Lipinski definition) is 6. The van der Waals surface area contributed by atoms with Gasteiger partial charge in [0.15, 0.2) is 0 Å². The maximum absolute atomic E-state index is 13.3. The molecular weight excluding hydrogens is 456 g/mol. The van der Waals surface area contributed by atoms with Crippen LogP contribution in [0.4, 0.5) is 0 Å². The Hall–Kier alpha value is -3.58. The molecule has 2 aromatic rings. The second kappa shape index (κ2) is 12.4. The zero-order valence-corrected chi connectivity index (χ0v) is 21.6. The van der Waals surface area contributed by atoms with Crippen LogP contribution in [-0.2, 0) is 9.59 Å². The Morgan fingerprint density at radius 3 is 2.42 bits per heavy atom. The first kappa shape index (κ1) is 27.0. The number of likely N-dealkylation sites (tertiary alicyclic amines) is 1. The molecule has 0 aromatic heterocycles. The van der Waals surface area contributed by atoms with Crippen molar-refractivity contribution in [3.8, 4) is 11.5 Å². The van der Waals surface area contributed by atoms with Crippen LogP contribution < -0.4 is 9.47 Å². The van der Waals surface area contributed by atoms with Gasteiger partial charge in [-0.15, -0.1) is 0 Å². The molecule has 0 unspecified atom stereocenters. The van der Waals surface area contributed by atoms with Crippen LogP contribution >= 0.6 is 0 Å². The summed E-state index contributed by atoms with van der Waals surface area (Å²) < 4.78 is 11.3. The molecule has 0 radical (unpaired) electrons. The van der Waals surface area contributed by atoms with Gasteiger partial charge in [0.05, 0.1) is 18.2 Å². The maximum Gasteiger partial charge on any atom is 0.295 e. The Balaban J connectivity index is 2.05. The number of rotatable bonds is 12. The van der Waals surface area contributed by atoms with Gasteiger partial charge in [0.25, 0.3) is 11.7 Å². The Labute approximate surface area is 213 Å². The predicted molar refractivity (Wildman–Crippen MR) is 141 cm³/mol. The van der Waals surface area contributed by atoms with E-state index in [2.05, 4.69) is 6.58 Å². The third-order valence-electron chi connectivity index (χ3n) is 6.03. The van der Waals surface area contributed by atoms with Gasteiger partial charge in [-0.25, -0.2) is 0 Å². The van der Waals surface area contributed by atoms with Gasteiger partial charge in [0, 0.05) is 12.1 Å². The van der Waals surface area contributed by atoms with E-state index in [9.17, 15) is 14.7 Å². The van der Waals surface area contributed by atoms with Crippen molar-refractivity contribution in [2.45, 2.75) is 32.7 Å². The van der Waals surface area contributed by atoms with Crippen LogP contribution in [0, 0.1) is 6.92 Å². The van der Waals surface area contributed by atoms with Gasteiger partial charge < -0.3 is 24.4 Å². The minimum Gasteiger partial charge on any atom is -0.507 e. The number of carbonyl (C=O) groups is 2. The third kappa shape index (κ3) is 6.15. The van der Waals surface area contributed by atoms with Crippen molar-refractivity contribution in [2.75, 3.05) is 40.4 Å². The zero-order chi connectivity index (χ0) is 26.2. The van der Waals surface area contributed by atoms with E-state index in [1.54, 1.807) is 35.2 Å². The summed E-state index contributed by atoms with van der Waals surface area (Å²) in [6, 6.07) is 11.9. The number of Topliss-reactive ketones (excluding diaryl/α,β-unsaturated/α-hetero) is 1. The summed E-state index contributed by atoms with van der Waals surface area (Å²) >= 11 is 0. The van der Waals surface area contributed by atoms with Crippen LogP contribution in [0.3, 0.4) is 0 Å². The summed E-state index contributed by atoms with van der Waals surface area (Å²) in [5.41, 5.74) is 2.08. The topological polar surface area (TPSA) is 79.3 Å². The standard InChI is InChI=1S/C29H36N2O5/c1-6-17-35-22-11-9-21(10-12-22)26-25(28(33)29(34)31(26)16-8-15-30(4)5)27(32)24-14-13-23(19-20(24)3)36-18-7-2/h6,9-14,19,26,32H,1,7-8,15-18H2,2-5H3/t26-/m1/s1. The van der Waals surface area contributed by atoms with E-state index in [-0.39, 0.29) is 11.3 Å². The second-order valence-corrected chi connectivity index (χ2v) is 9.14. The summed E-state index contributed by atoms with van der Waals surface area (Å²) in [7, 11) is 3.93. The Morgan fingerprint density at radius 1 is 1.11 bits per heavy atom. The first-order chi connectivity index (χ1) is 17.3. The number of aryl methyl sites for hydroxylation is 1. The number of carbonyl (C=O) groups excluding carboxylic acids is 2. The predicted octanol–water partition coefficient (Wildman–Crippen LogP) is 4.72. The van der Waals surface area contributed by atoms with Crippen LogP contribution in [-0.4, -0.2) is 67.0 Å². The van der Waals surface area contributed by atoms with E-state index < -0.39 is 17.7 Å². The van der Waals surface area contributed by atoms with Crippen LogP contribution in [0.5, 0.6) is 11.5 Å². The molecule has 0 saturated carbocycles. The smallest absolute Gasteiger partial charge is 0.295 e. The van der Waals surface area contributed by atoms with Gasteiger partial charge in [-0.05, 0) is 81.9 Å². The number of aliphatic hydroxyl groups excluding tert-OH is 1. The summed E-state index contributed by atoms with van der Waals surface area (Å²) in [4.78, 5) is 30.0. The normalized spacial score (nSPS) is 17.0. The Bertz CT molecular complexity index is 1120. The lowest BCUT2D eigenvalue weighted by molar-refractivity contribution is -0.139. The van der Waals surface area contributed by atoms with E-state index in [1.807, 2.05) is 51.0 Å². The number of ketones is 1. The average molecular weight is 493 g/mol. The van der Waals surface area contributed by atoms with E-state index in [0.717, 1.165) is 24.1 Å². The maximum atomic E-state index is 13.3. The molecule has 0 bridgehead atoms. The number of hydrogen-bond donors (Lipinski definition) is 1. The minimum absolute atomic E-state index is 0.0925. The highest BCUT2D eigenvalue weighted by molar-refractivity contribution is 6.46. The highest BCUT2D eigenvalue weighted by atomic mass is 16.5. The quantitative estimate of drug-likeness (QED) is 0.200. The summed E-state index contributed by atoms with van der Waals surface area (Å²) in [6.07, 6.45) is 3.24. The fourth-order valence-electron chi connectivity index (χ4n) is 4.27. The zero-order valence-electron chi connectivity index (χ0n) is 21.6. The van der Waals surface area contributed by atoms with E-state index in [4.69, 9.17) is 9.47 Å². The minimum atomic E-state index is -0.698. The molecule has 1 fully saturated rings. The number of benzene rings is 2. The average Bonchev–Trinajstić information content (AvgIpc) is 3.11. The number of aliphatic hydroxyl groups is 1. The highest BCUT2D eigenvalue weighted by Gasteiger charge is 2.45. The van der Waals surface area contributed by atoms with Gasteiger partial charge in [0.1, 0.15) is 23.9 Å². The van der Waals surface area contributed by atoms with Crippen LogP contribution in [0.1, 0.15) is 42.5 Å². The SMILES string of the molecule is C=CCOc1ccc([C@@H]2C(=C(O)c3ccc(OCCC)cc3C)C(=O)C(=O)N2CCCN(C)C)cc1. The fourth-order valence-corrected chi connectivity index (χ4v) is 4.27. The van der Waals surface area contributed by atoms with E-state index >= 15 is 0 Å². The van der Waals surface area contributed by atoms with Crippen molar-refractivity contribution in [2.24, 2.45) is 0 Å². The molecule has 2 aromatic carbocycles. The van der Waals surface area contributed by atoms with Crippen molar-refractivity contribution in [1.82, 2.24) is 9.80 Å². The number of amides is 1. The largest absolute Gasteiger partial charge is 0.507 e. The molecule has 1 amide bonds. The highest BCUT2D eigenvalue weighted by Crippen LogP contribution is 2.40. The lowest BCUT2D eigenvalue weighted by Crippen LogP contribution is -2.32. The lowest BCUT2D eigenvalue weighted by Gasteiger charge is -2.26. The summed E-state index contributed by atoms with van der Waals surface area (Å²) in [6.45, 7) is 9.66. The molecular formula is C29H36N2O5. The summed E-state index contributed by atoms with van der Waals surface area (Å²) in [5, 5.41) is 11.4. The summed E-state index contributed by atoms with van der Waals surface area (Å²) in [5.74, 6) is -0.115. The van der Waals surface area contributed by atoms with Crippen molar-refractivity contribution in [3.05, 3.63) is 77.4 Å². The third-order valence-corrected chi connectivity index (χ3v) is 6.03. The Kier molecular flexibility index (Phi) is 9.31. The van der Waals surface area contributed by atoms with Gasteiger partial charge in [-0.3, -0.25) is 9.59 Å². The first-order valence-corrected chi connectivity index (χ1v) is 12.3. The van der Waals surface area contributed by atoms with Crippen molar-refractivity contribution in [3.63, 3.8) is 0 Å². The lowest BCUT2D eigenvalue weighted by atomic mass is 9.93. The molecule has 0 aliphatic carbocycles. The van der Waals surface area contributed by atoms with Gasteiger partial charge in [-0.2, -0.15) is 0 Å². The molecule has 1 N–H and O–H groups in total. The Morgan fingerprint density at radius 2 is 1.81 bits per heavy atom. The van der Waals surface area contributed by atoms with Crippen molar-refractivity contribution >= 4 is 17.4 Å². The molecule has 1 aliphatic heterocycles. The van der Waals surface area contributed by atoms with Crippen LogP contribution in [0.25, 0.3) is 5.76 Å². The molecule has 192 valence electrons. The monoisotopic (exact) mass is 492 g/mol. The molecule has 0 spiro atoms. The molecule has 1 aliphatic rings.